The normalized spacial score (nSPS) is 10.7. The summed E-state index contributed by atoms with van der Waals surface area (Å²) < 4.78 is 5.33. The number of carbonyl (C=O) groups excluding carboxylic acids is 1. The van der Waals surface area contributed by atoms with Crippen LogP contribution in [-0.2, 0) is 6.42 Å². The Hall–Kier alpha value is -2.75. The van der Waals surface area contributed by atoms with Crippen molar-refractivity contribution in [3.8, 4) is 5.75 Å². The van der Waals surface area contributed by atoms with Crippen molar-refractivity contribution in [1.29, 1.82) is 0 Å². The quantitative estimate of drug-likeness (QED) is 0.758. The minimum atomic E-state index is -0.0464. The molecule has 0 saturated heterocycles. The van der Waals surface area contributed by atoms with Gasteiger partial charge in [0.1, 0.15) is 5.75 Å². The molecule has 0 radical (unpaired) electrons. The lowest BCUT2D eigenvalue weighted by Crippen LogP contribution is -2.26. The van der Waals surface area contributed by atoms with Gasteiger partial charge in [-0.3, -0.25) is 4.79 Å². The summed E-state index contributed by atoms with van der Waals surface area (Å²) in [7, 11) is 1.66. The standard InChI is InChI=1S/C19H20N2O2/c1-13-18(15-8-4-5-9-16(15)21-13)19(22)20-12-11-14-7-3-6-10-17(14)23-2/h3-10,21H,11-12H2,1-2H3,(H,20,22). The molecule has 0 spiro atoms. The van der Waals surface area contributed by atoms with Crippen LogP contribution in [0.15, 0.2) is 48.5 Å². The van der Waals surface area contributed by atoms with Crippen LogP contribution in [0.4, 0.5) is 0 Å². The van der Waals surface area contributed by atoms with Crippen molar-refractivity contribution in [3.05, 3.63) is 65.4 Å². The number of carbonyl (C=O) groups is 1. The summed E-state index contributed by atoms with van der Waals surface area (Å²) in [5.74, 6) is 0.805. The second-order valence-electron chi connectivity index (χ2n) is 5.49. The zero-order valence-corrected chi connectivity index (χ0v) is 13.3. The molecule has 3 rings (SSSR count). The van der Waals surface area contributed by atoms with Crippen LogP contribution in [-0.4, -0.2) is 24.5 Å². The smallest absolute Gasteiger partial charge is 0.253 e. The number of fused-ring (bicyclic) bond motifs is 1. The van der Waals surface area contributed by atoms with E-state index in [1.165, 1.54) is 0 Å². The van der Waals surface area contributed by atoms with E-state index in [9.17, 15) is 4.79 Å². The average Bonchev–Trinajstić information content (AvgIpc) is 2.91. The van der Waals surface area contributed by atoms with E-state index in [4.69, 9.17) is 4.74 Å². The van der Waals surface area contributed by atoms with Crippen LogP contribution < -0.4 is 10.1 Å². The molecule has 0 bridgehead atoms. The van der Waals surface area contributed by atoms with E-state index >= 15 is 0 Å². The van der Waals surface area contributed by atoms with Gasteiger partial charge in [-0.05, 0) is 31.0 Å². The highest BCUT2D eigenvalue weighted by Crippen LogP contribution is 2.22. The summed E-state index contributed by atoms with van der Waals surface area (Å²) in [5, 5.41) is 3.96. The Labute approximate surface area is 135 Å². The first-order valence-electron chi connectivity index (χ1n) is 7.68. The fourth-order valence-corrected chi connectivity index (χ4v) is 2.88. The summed E-state index contributed by atoms with van der Waals surface area (Å²) in [6.07, 6.45) is 0.733. The number of aromatic amines is 1. The van der Waals surface area contributed by atoms with Crippen molar-refractivity contribution < 1.29 is 9.53 Å². The van der Waals surface area contributed by atoms with Crippen molar-refractivity contribution in [3.63, 3.8) is 0 Å². The highest BCUT2D eigenvalue weighted by Gasteiger charge is 2.15. The molecular weight excluding hydrogens is 288 g/mol. The average molecular weight is 308 g/mol. The first-order chi connectivity index (χ1) is 11.2. The minimum absolute atomic E-state index is 0.0464. The molecule has 0 saturated carbocycles. The zero-order chi connectivity index (χ0) is 16.2. The molecule has 0 aliphatic carbocycles. The highest BCUT2D eigenvalue weighted by molar-refractivity contribution is 6.08. The number of methoxy groups -OCH3 is 1. The Balaban J connectivity index is 1.71. The molecule has 23 heavy (non-hydrogen) atoms. The van der Waals surface area contributed by atoms with Gasteiger partial charge in [0.2, 0.25) is 0 Å². The van der Waals surface area contributed by atoms with Crippen LogP contribution in [0.2, 0.25) is 0 Å². The maximum Gasteiger partial charge on any atom is 0.253 e. The first kappa shape index (κ1) is 15.2. The van der Waals surface area contributed by atoms with Crippen molar-refractivity contribution >= 4 is 16.8 Å². The maximum absolute atomic E-state index is 12.5. The molecule has 0 unspecified atom stereocenters. The third-order valence-corrected chi connectivity index (χ3v) is 3.99. The number of rotatable bonds is 5. The number of hydrogen-bond donors (Lipinski definition) is 2. The molecule has 0 aliphatic heterocycles. The monoisotopic (exact) mass is 308 g/mol. The Morgan fingerprint density at radius 2 is 1.87 bits per heavy atom. The number of benzene rings is 2. The maximum atomic E-state index is 12.5. The van der Waals surface area contributed by atoms with Gasteiger partial charge in [-0.15, -0.1) is 0 Å². The van der Waals surface area contributed by atoms with E-state index in [0.29, 0.717) is 6.54 Å². The molecule has 0 atom stereocenters. The molecule has 3 aromatic rings. The molecule has 4 nitrogen and oxygen atoms in total. The van der Waals surface area contributed by atoms with Crippen LogP contribution in [0.1, 0.15) is 21.6 Å². The van der Waals surface area contributed by atoms with Crippen molar-refractivity contribution in [2.24, 2.45) is 0 Å². The molecule has 118 valence electrons. The molecule has 4 heteroatoms. The largest absolute Gasteiger partial charge is 0.496 e. The van der Waals surface area contributed by atoms with Gasteiger partial charge in [-0.25, -0.2) is 0 Å². The summed E-state index contributed by atoms with van der Waals surface area (Å²) in [4.78, 5) is 15.8. The molecule has 0 aliphatic rings. The van der Waals surface area contributed by atoms with Gasteiger partial charge < -0.3 is 15.0 Å². The van der Waals surface area contributed by atoms with Gasteiger partial charge in [0.05, 0.1) is 12.7 Å². The van der Waals surface area contributed by atoms with Gasteiger partial charge >= 0.3 is 0 Å². The van der Waals surface area contributed by atoms with E-state index in [1.54, 1.807) is 7.11 Å². The van der Waals surface area contributed by atoms with Crippen molar-refractivity contribution in [2.45, 2.75) is 13.3 Å². The number of aromatic nitrogens is 1. The summed E-state index contributed by atoms with van der Waals surface area (Å²) >= 11 is 0. The highest BCUT2D eigenvalue weighted by atomic mass is 16.5. The second-order valence-corrected chi connectivity index (χ2v) is 5.49. The van der Waals surface area contributed by atoms with Crippen molar-refractivity contribution in [1.82, 2.24) is 10.3 Å². The molecule has 0 fully saturated rings. The number of para-hydroxylation sites is 2. The predicted molar refractivity (Wildman–Crippen MR) is 92.1 cm³/mol. The van der Waals surface area contributed by atoms with Gasteiger partial charge in [-0.1, -0.05) is 36.4 Å². The fraction of sp³-hybridized carbons (Fsp3) is 0.211. The number of ether oxygens (including phenoxy) is 1. The van der Waals surface area contributed by atoms with E-state index in [0.717, 1.165) is 39.9 Å². The number of aryl methyl sites for hydroxylation is 1. The summed E-state index contributed by atoms with van der Waals surface area (Å²) in [5.41, 5.74) is 3.69. The molecular formula is C19H20N2O2. The topological polar surface area (TPSA) is 54.1 Å². The zero-order valence-electron chi connectivity index (χ0n) is 13.3. The number of nitrogens with one attached hydrogen (secondary N) is 2. The molecule has 1 amide bonds. The van der Waals surface area contributed by atoms with Crippen LogP contribution in [0, 0.1) is 6.92 Å². The van der Waals surface area contributed by atoms with Crippen LogP contribution in [0.25, 0.3) is 10.9 Å². The Bertz CT molecular complexity index is 836. The molecule has 1 aromatic heterocycles. The van der Waals surface area contributed by atoms with Crippen molar-refractivity contribution in [2.75, 3.05) is 13.7 Å². The predicted octanol–water partition coefficient (Wildman–Crippen LogP) is 3.46. The number of H-pyrrole nitrogens is 1. The van der Waals surface area contributed by atoms with Gasteiger partial charge in [-0.2, -0.15) is 0 Å². The third-order valence-electron chi connectivity index (χ3n) is 3.99. The van der Waals surface area contributed by atoms with E-state index in [-0.39, 0.29) is 5.91 Å². The van der Waals surface area contributed by atoms with E-state index < -0.39 is 0 Å². The number of hydrogen-bond acceptors (Lipinski definition) is 2. The minimum Gasteiger partial charge on any atom is -0.496 e. The lowest BCUT2D eigenvalue weighted by atomic mass is 10.1. The lowest BCUT2D eigenvalue weighted by molar-refractivity contribution is 0.0955. The Kier molecular flexibility index (Phi) is 4.33. The van der Waals surface area contributed by atoms with E-state index in [2.05, 4.69) is 10.3 Å². The third kappa shape index (κ3) is 3.06. The SMILES string of the molecule is COc1ccccc1CCNC(=O)c1c(C)[nH]c2ccccc12. The lowest BCUT2D eigenvalue weighted by Gasteiger charge is -2.09. The van der Waals surface area contributed by atoms with Gasteiger partial charge in [0.25, 0.3) is 5.91 Å². The van der Waals surface area contributed by atoms with Crippen LogP contribution in [0.3, 0.4) is 0 Å². The van der Waals surface area contributed by atoms with Gasteiger partial charge in [0.15, 0.2) is 0 Å². The summed E-state index contributed by atoms with van der Waals surface area (Å²) in [6, 6.07) is 15.7. The van der Waals surface area contributed by atoms with Crippen LogP contribution in [0.5, 0.6) is 5.75 Å². The Morgan fingerprint density at radius 1 is 1.13 bits per heavy atom. The fourth-order valence-electron chi connectivity index (χ4n) is 2.88. The second kappa shape index (κ2) is 6.57. The molecule has 2 aromatic carbocycles. The summed E-state index contributed by atoms with van der Waals surface area (Å²) in [6.45, 7) is 2.49. The first-order valence-corrected chi connectivity index (χ1v) is 7.68. The molecule has 2 N–H and O–H groups in total. The Morgan fingerprint density at radius 3 is 2.70 bits per heavy atom. The van der Waals surface area contributed by atoms with Crippen LogP contribution >= 0.6 is 0 Å². The van der Waals surface area contributed by atoms with E-state index in [1.807, 2.05) is 55.5 Å². The molecule has 1 heterocycles. The van der Waals surface area contributed by atoms with Gasteiger partial charge in [0, 0.05) is 23.1 Å². The number of amides is 1.